The molecule has 162 valence electrons. The zero-order valence-corrected chi connectivity index (χ0v) is 19.7. The van der Waals surface area contributed by atoms with Crippen LogP contribution in [0, 0.1) is 0 Å². The van der Waals surface area contributed by atoms with E-state index in [1.165, 1.54) is 45.6 Å². The predicted molar refractivity (Wildman–Crippen MR) is 119 cm³/mol. The molecule has 0 N–H and O–H groups in total. The Balaban J connectivity index is 2.79. The number of hydrogen-bond acceptors (Lipinski definition) is 6. The molecule has 0 amide bonds. The van der Waals surface area contributed by atoms with Gasteiger partial charge in [-0.15, -0.1) is 0 Å². The Morgan fingerprint density at radius 3 is 1.80 bits per heavy atom. The van der Waals surface area contributed by atoms with Crippen molar-refractivity contribution in [2.75, 3.05) is 21.3 Å². The van der Waals surface area contributed by atoms with Gasteiger partial charge in [-0.05, 0) is 18.6 Å². The van der Waals surface area contributed by atoms with Gasteiger partial charge in [0, 0.05) is 17.8 Å². The van der Waals surface area contributed by atoms with Gasteiger partial charge in [0.25, 0.3) is 0 Å². The summed E-state index contributed by atoms with van der Waals surface area (Å²) in [5, 5.41) is 0.0509. The van der Waals surface area contributed by atoms with Gasteiger partial charge in [0.15, 0.2) is 0 Å². The highest BCUT2D eigenvalue weighted by Crippen LogP contribution is 2.60. The normalized spacial score (nSPS) is 13.8. The molecule has 9 heteroatoms. The monoisotopic (exact) mass is 472 g/mol. The lowest BCUT2D eigenvalue weighted by atomic mass is 10.2. The number of halogens is 2. The number of ether oxygens (including phenoxy) is 3. The minimum Gasteiger partial charge on any atom is -0.496 e. The van der Waals surface area contributed by atoms with E-state index in [1.54, 1.807) is 19.9 Å². The molecule has 0 saturated heterocycles. The van der Waals surface area contributed by atoms with E-state index in [-0.39, 0.29) is 32.7 Å². The van der Waals surface area contributed by atoms with E-state index in [1.807, 2.05) is 0 Å². The highest BCUT2D eigenvalue weighted by atomic mass is 35.5. The molecule has 30 heavy (non-hydrogen) atoms. The van der Waals surface area contributed by atoms with Crippen LogP contribution in [0.1, 0.15) is 41.0 Å². The number of benzene rings is 2. The van der Waals surface area contributed by atoms with Crippen LogP contribution in [-0.4, -0.2) is 38.0 Å². The van der Waals surface area contributed by atoms with Crippen LogP contribution in [-0.2, 0) is 4.57 Å². The summed E-state index contributed by atoms with van der Waals surface area (Å²) in [5.41, 5.74) is -2.77. The standard InChI is InChI=1S/C21H23Cl2O6P/c1-6-12(2)30(26,20(24)18-14(22)8-7-9-15(18)23)21(25)19-16(28-4)10-13(27-3)11-17(19)29-5/h7-12H,6H2,1-5H3. The molecule has 2 aromatic carbocycles. The van der Waals surface area contributed by atoms with Gasteiger partial charge in [-0.2, -0.15) is 0 Å². The van der Waals surface area contributed by atoms with Gasteiger partial charge in [-0.3, -0.25) is 9.59 Å². The number of carbonyl (C=O) groups excluding carboxylic acids is 2. The molecule has 0 heterocycles. The Morgan fingerprint density at radius 2 is 1.40 bits per heavy atom. The van der Waals surface area contributed by atoms with Crippen molar-refractivity contribution in [3.05, 3.63) is 51.5 Å². The van der Waals surface area contributed by atoms with Crippen LogP contribution in [0.15, 0.2) is 30.3 Å². The number of carbonyl (C=O) groups is 2. The maximum atomic E-state index is 14.2. The van der Waals surface area contributed by atoms with Crippen molar-refractivity contribution in [2.24, 2.45) is 0 Å². The molecule has 0 saturated carbocycles. The van der Waals surface area contributed by atoms with Gasteiger partial charge in [-0.1, -0.05) is 43.1 Å². The summed E-state index contributed by atoms with van der Waals surface area (Å²) in [6.45, 7) is 3.33. The van der Waals surface area contributed by atoms with Crippen molar-refractivity contribution in [3.63, 3.8) is 0 Å². The fourth-order valence-corrected chi connectivity index (χ4v) is 6.33. The van der Waals surface area contributed by atoms with Crippen LogP contribution < -0.4 is 14.2 Å². The summed E-state index contributed by atoms with van der Waals surface area (Å²) >= 11 is 12.4. The van der Waals surface area contributed by atoms with E-state index in [9.17, 15) is 14.2 Å². The number of methoxy groups -OCH3 is 3. The fourth-order valence-electron chi connectivity index (χ4n) is 3.00. The number of rotatable bonds is 9. The maximum Gasteiger partial charge on any atom is 0.236 e. The van der Waals surface area contributed by atoms with Gasteiger partial charge in [0.1, 0.15) is 22.8 Å². The Labute approximate surface area is 185 Å². The predicted octanol–water partition coefficient (Wildman–Crippen LogP) is 6.16. The van der Waals surface area contributed by atoms with Crippen LogP contribution in [0.5, 0.6) is 17.2 Å². The summed E-state index contributed by atoms with van der Waals surface area (Å²) in [6, 6.07) is 7.40. The van der Waals surface area contributed by atoms with Crippen LogP contribution in [0.3, 0.4) is 0 Å². The number of hydrogen-bond donors (Lipinski definition) is 0. The maximum absolute atomic E-state index is 14.2. The van der Waals surface area contributed by atoms with E-state index in [0.29, 0.717) is 12.2 Å². The van der Waals surface area contributed by atoms with Crippen molar-refractivity contribution in [1.82, 2.24) is 0 Å². The lowest BCUT2D eigenvalue weighted by Crippen LogP contribution is -2.21. The molecule has 2 atom stereocenters. The second-order valence-electron chi connectivity index (χ2n) is 6.53. The SMILES string of the molecule is CCC(C)P(=O)(C(=O)c1c(Cl)cccc1Cl)C(=O)c1c(OC)cc(OC)cc1OC. The zero-order chi connectivity index (χ0) is 22.6. The van der Waals surface area contributed by atoms with Crippen LogP contribution in [0.25, 0.3) is 0 Å². The van der Waals surface area contributed by atoms with E-state index < -0.39 is 23.8 Å². The fraction of sp³-hybridized carbons (Fsp3) is 0.333. The van der Waals surface area contributed by atoms with Crippen molar-refractivity contribution < 1.29 is 28.4 Å². The molecule has 0 aliphatic rings. The largest absolute Gasteiger partial charge is 0.496 e. The molecule has 6 nitrogen and oxygen atoms in total. The first-order valence-corrected chi connectivity index (χ1v) is 11.6. The minimum atomic E-state index is -4.24. The Bertz CT molecular complexity index is 975. The highest BCUT2D eigenvalue weighted by molar-refractivity contribution is 7.96. The quantitative estimate of drug-likeness (QED) is 0.406. The van der Waals surface area contributed by atoms with Crippen molar-refractivity contribution in [1.29, 1.82) is 0 Å². The molecule has 0 aliphatic heterocycles. The molecular formula is C21H23Cl2O6P. The van der Waals surface area contributed by atoms with Crippen molar-refractivity contribution in [2.45, 2.75) is 25.9 Å². The van der Waals surface area contributed by atoms with Crippen molar-refractivity contribution in [3.8, 4) is 17.2 Å². The molecule has 2 rings (SSSR count). The second kappa shape index (κ2) is 9.86. The topological polar surface area (TPSA) is 78.9 Å². The summed E-state index contributed by atoms with van der Waals surface area (Å²) in [5.74, 6) is 0.537. The molecule has 0 aliphatic carbocycles. The average molecular weight is 473 g/mol. The molecule has 2 unspecified atom stereocenters. The first kappa shape index (κ1) is 24.3. The summed E-state index contributed by atoms with van der Waals surface area (Å²) in [6.07, 6.45) is 0.317. The van der Waals surface area contributed by atoms with Gasteiger partial charge >= 0.3 is 0 Å². The highest BCUT2D eigenvalue weighted by Gasteiger charge is 2.48. The minimum absolute atomic E-state index is 0.0255. The summed E-state index contributed by atoms with van der Waals surface area (Å²) < 4.78 is 30.0. The summed E-state index contributed by atoms with van der Waals surface area (Å²) in [7, 11) is -0.0882. The first-order valence-electron chi connectivity index (χ1n) is 9.10. The van der Waals surface area contributed by atoms with Crippen LogP contribution in [0.2, 0.25) is 10.0 Å². The Hall–Kier alpha value is -2.01. The lowest BCUT2D eigenvalue weighted by Gasteiger charge is -2.24. The third-order valence-electron chi connectivity index (χ3n) is 4.92. The van der Waals surface area contributed by atoms with E-state index in [0.717, 1.165) is 0 Å². The van der Waals surface area contributed by atoms with Crippen molar-refractivity contribution >= 4 is 41.4 Å². The molecule has 0 aromatic heterocycles. The molecule has 2 aromatic rings. The third-order valence-corrected chi connectivity index (χ3v) is 8.81. The molecular weight excluding hydrogens is 450 g/mol. The van der Waals surface area contributed by atoms with Crippen LogP contribution >= 0.6 is 30.3 Å². The van der Waals surface area contributed by atoms with Gasteiger partial charge in [0.05, 0.1) is 36.9 Å². The zero-order valence-electron chi connectivity index (χ0n) is 17.3. The average Bonchev–Trinajstić information content (AvgIpc) is 2.75. The summed E-state index contributed by atoms with van der Waals surface area (Å²) in [4.78, 5) is 27.2. The smallest absolute Gasteiger partial charge is 0.236 e. The van der Waals surface area contributed by atoms with E-state index >= 15 is 0 Å². The van der Waals surface area contributed by atoms with E-state index in [2.05, 4.69) is 0 Å². The third kappa shape index (κ3) is 4.22. The molecule has 0 bridgehead atoms. The molecule has 0 fully saturated rings. The van der Waals surface area contributed by atoms with Gasteiger partial charge in [0.2, 0.25) is 18.2 Å². The second-order valence-corrected chi connectivity index (χ2v) is 10.4. The van der Waals surface area contributed by atoms with Crippen LogP contribution in [0.4, 0.5) is 0 Å². The first-order chi connectivity index (χ1) is 14.2. The van der Waals surface area contributed by atoms with Gasteiger partial charge < -0.3 is 18.8 Å². The molecule has 0 radical (unpaired) electrons. The Kier molecular flexibility index (Phi) is 7.98. The Morgan fingerprint density at radius 1 is 0.933 bits per heavy atom. The molecule has 0 spiro atoms. The lowest BCUT2D eigenvalue weighted by molar-refractivity contribution is 0.103. The van der Waals surface area contributed by atoms with Gasteiger partial charge in [-0.25, -0.2) is 0 Å². The van der Waals surface area contributed by atoms with E-state index in [4.69, 9.17) is 37.4 Å².